The first kappa shape index (κ1) is 12.9. The second-order valence-electron chi connectivity index (χ2n) is 3.08. The summed E-state index contributed by atoms with van der Waals surface area (Å²) in [6, 6.07) is 0. The fourth-order valence-electron chi connectivity index (χ4n) is 1.09. The van der Waals surface area contributed by atoms with Crippen LogP contribution in [0.15, 0.2) is 12.2 Å². The van der Waals surface area contributed by atoms with Gasteiger partial charge in [0.1, 0.15) is 6.29 Å². The predicted molar refractivity (Wildman–Crippen MR) is 54.9 cm³/mol. The van der Waals surface area contributed by atoms with Crippen LogP contribution in [0, 0.1) is 0 Å². The van der Waals surface area contributed by atoms with Crippen molar-refractivity contribution in [1.82, 2.24) is 0 Å². The number of hydrogen-bond donors (Lipinski definition) is 0. The number of methoxy groups -OCH3 is 1. The maximum atomic E-state index is 10.6. The number of unbranched alkanes of at least 4 members (excludes halogenated alkanes) is 5. The first-order valence-corrected chi connectivity index (χ1v) is 4.99. The van der Waals surface area contributed by atoms with E-state index in [4.69, 9.17) is 0 Å². The molecule has 0 N–H and O–H groups in total. The molecule has 0 aliphatic heterocycles. The molecule has 0 aromatic rings. The van der Waals surface area contributed by atoms with E-state index in [0.29, 0.717) is 6.42 Å². The van der Waals surface area contributed by atoms with Crippen LogP contribution >= 0.6 is 0 Å². The van der Waals surface area contributed by atoms with Gasteiger partial charge in [-0.3, -0.25) is 0 Å². The van der Waals surface area contributed by atoms with Crippen molar-refractivity contribution in [3.05, 3.63) is 12.2 Å². The molecule has 0 saturated carbocycles. The van der Waals surface area contributed by atoms with E-state index in [-0.39, 0.29) is 5.97 Å². The summed E-state index contributed by atoms with van der Waals surface area (Å²) >= 11 is 0. The van der Waals surface area contributed by atoms with Gasteiger partial charge < -0.3 is 9.53 Å². The highest BCUT2D eigenvalue weighted by Crippen LogP contribution is 2.04. The summed E-state index contributed by atoms with van der Waals surface area (Å²) in [5.41, 5.74) is 0. The summed E-state index contributed by atoms with van der Waals surface area (Å²) in [6.45, 7) is 0. The van der Waals surface area contributed by atoms with Crippen molar-refractivity contribution >= 4 is 12.3 Å². The summed E-state index contributed by atoms with van der Waals surface area (Å²) < 4.78 is 4.45. The van der Waals surface area contributed by atoms with E-state index in [2.05, 4.69) is 4.74 Å². The predicted octanol–water partition coefficient (Wildman–Crippen LogP) is 2.26. The lowest BCUT2D eigenvalue weighted by Gasteiger charge is -1.95. The number of rotatable bonds is 8. The third-order valence-electron chi connectivity index (χ3n) is 1.90. The quantitative estimate of drug-likeness (QED) is 0.260. The molecule has 3 nitrogen and oxygen atoms in total. The SMILES string of the molecule is COC(=O)C=CCCCCCCC=O. The maximum absolute atomic E-state index is 10.6. The van der Waals surface area contributed by atoms with Gasteiger partial charge in [-0.2, -0.15) is 0 Å². The van der Waals surface area contributed by atoms with Gasteiger partial charge in [-0.1, -0.05) is 18.9 Å². The third-order valence-corrected chi connectivity index (χ3v) is 1.90. The van der Waals surface area contributed by atoms with Gasteiger partial charge in [0.25, 0.3) is 0 Å². The molecule has 0 bridgehead atoms. The Morgan fingerprint density at radius 1 is 1.14 bits per heavy atom. The monoisotopic (exact) mass is 198 g/mol. The smallest absolute Gasteiger partial charge is 0.330 e. The zero-order chi connectivity index (χ0) is 10.6. The van der Waals surface area contributed by atoms with Crippen LogP contribution in [0.25, 0.3) is 0 Å². The molecule has 0 unspecified atom stereocenters. The van der Waals surface area contributed by atoms with Gasteiger partial charge in [-0.15, -0.1) is 0 Å². The topological polar surface area (TPSA) is 43.4 Å². The van der Waals surface area contributed by atoms with Crippen LogP contribution in [0.5, 0.6) is 0 Å². The Morgan fingerprint density at radius 2 is 1.79 bits per heavy atom. The van der Waals surface area contributed by atoms with Crippen LogP contribution in [0.4, 0.5) is 0 Å². The van der Waals surface area contributed by atoms with E-state index in [1.165, 1.54) is 13.2 Å². The molecule has 0 saturated heterocycles. The van der Waals surface area contributed by atoms with Crippen molar-refractivity contribution in [3.8, 4) is 0 Å². The summed E-state index contributed by atoms with van der Waals surface area (Å²) in [4.78, 5) is 20.6. The highest BCUT2D eigenvalue weighted by Gasteiger charge is 1.90. The van der Waals surface area contributed by atoms with Gasteiger partial charge >= 0.3 is 5.97 Å². The molecule has 0 rings (SSSR count). The number of allylic oxidation sites excluding steroid dienone is 1. The van der Waals surface area contributed by atoms with Gasteiger partial charge in [0.2, 0.25) is 0 Å². The van der Waals surface area contributed by atoms with Crippen LogP contribution in [0.1, 0.15) is 38.5 Å². The number of esters is 1. The van der Waals surface area contributed by atoms with E-state index in [1.54, 1.807) is 0 Å². The van der Waals surface area contributed by atoms with E-state index in [0.717, 1.165) is 38.4 Å². The molecule has 0 aliphatic carbocycles. The molecule has 0 spiro atoms. The minimum Gasteiger partial charge on any atom is -0.466 e. The van der Waals surface area contributed by atoms with Crippen LogP contribution in [0.2, 0.25) is 0 Å². The van der Waals surface area contributed by atoms with Crippen molar-refractivity contribution in [1.29, 1.82) is 0 Å². The fourth-order valence-corrected chi connectivity index (χ4v) is 1.09. The molecule has 0 aromatic heterocycles. The van der Waals surface area contributed by atoms with E-state index >= 15 is 0 Å². The molecular weight excluding hydrogens is 180 g/mol. The average Bonchev–Trinajstić information content (AvgIpc) is 2.21. The standard InChI is InChI=1S/C11H18O3/c1-14-11(13)9-7-5-3-2-4-6-8-10-12/h7,9-10H,2-6,8H2,1H3. The summed E-state index contributed by atoms with van der Waals surface area (Å²) in [5.74, 6) is -0.300. The fraction of sp³-hybridized carbons (Fsp3) is 0.636. The van der Waals surface area contributed by atoms with Crippen LogP contribution in [0.3, 0.4) is 0 Å². The summed E-state index contributed by atoms with van der Waals surface area (Å²) in [7, 11) is 1.37. The minimum absolute atomic E-state index is 0.300. The lowest BCUT2D eigenvalue weighted by Crippen LogP contribution is -1.93. The molecule has 0 amide bonds. The van der Waals surface area contributed by atoms with Crippen molar-refractivity contribution in [3.63, 3.8) is 0 Å². The molecule has 0 aromatic carbocycles. The number of carbonyl (C=O) groups excluding carboxylic acids is 2. The van der Waals surface area contributed by atoms with Gasteiger partial charge in [-0.25, -0.2) is 4.79 Å². The summed E-state index contributed by atoms with van der Waals surface area (Å²) in [6.07, 6.45) is 10.0. The van der Waals surface area contributed by atoms with Crippen LogP contribution < -0.4 is 0 Å². The largest absolute Gasteiger partial charge is 0.466 e. The number of aldehydes is 1. The normalized spacial score (nSPS) is 10.4. The summed E-state index contributed by atoms with van der Waals surface area (Å²) in [5, 5.41) is 0. The number of ether oxygens (including phenoxy) is 1. The Morgan fingerprint density at radius 3 is 2.36 bits per heavy atom. The van der Waals surface area contributed by atoms with Gasteiger partial charge in [0.15, 0.2) is 0 Å². The maximum Gasteiger partial charge on any atom is 0.330 e. The van der Waals surface area contributed by atoms with E-state index in [1.807, 2.05) is 6.08 Å². The van der Waals surface area contributed by atoms with Crippen molar-refractivity contribution in [2.75, 3.05) is 7.11 Å². The Balaban J connectivity index is 3.16. The van der Waals surface area contributed by atoms with Crippen molar-refractivity contribution in [2.24, 2.45) is 0 Å². The lowest BCUT2D eigenvalue weighted by atomic mass is 10.1. The molecule has 3 heteroatoms. The minimum atomic E-state index is -0.300. The van der Waals surface area contributed by atoms with Crippen molar-refractivity contribution < 1.29 is 14.3 Å². The van der Waals surface area contributed by atoms with Gasteiger partial charge in [0, 0.05) is 12.5 Å². The van der Waals surface area contributed by atoms with Gasteiger partial charge in [-0.05, 0) is 19.3 Å². The Kier molecular flexibility index (Phi) is 9.17. The number of carbonyl (C=O) groups is 2. The molecule has 0 aliphatic rings. The Labute approximate surface area is 85.1 Å². The first-order chi connectivity index (χ1) is 6.81. The van der Waals surface area contributed by atoms with Gasteiger partial charge in [0.05, 0.1) is 7.11 Å². The molecule has 0 heterocycles. The highest BCUT2D eigenvalue weighted by atomic mass is 16.5. The molecular formula is C11H18O3. The third kappa shape index (κ3) is 8.97. The zero-order valence-electron chi connectivity index (χ0n) is 8.70. The van der Waals surface area contributed by atoms with Crippen LogP contribution in [-0.2, 0) is 14.3 Å². The Hall–Kier alpha value is -1.12. The molecule has 0 radical (unpaired) electrons. The van der Waals surface area contributed by atoms with E-state index < -0.39 is 0 Å². The average molecular weight is 198 g/mol. The highest BCUT2D eigenvalue weighted by molar-refractivity contribution is 5.81. The molecule has 14 heavy (non-hydrogen) atoms. The molecule has 80 valence electrons. The second-order valence-corrected chi connectivity index (χ2v) is 3.08. The number of hydrogen-bond acceptors (Lipinski definition) is 3. The Bertz CT molecular complexity index is 185. The second kappa shape index (κ2) is 9.96. The molecule has 0 fully saturated rings. The lowest BCUT2D eigenvalue weighted by molar-refractivity contribution is -0.134. The van der Waals surface area contributed by atoms with Crippen molar-refractivity contribution in [2.45, 2.75) is 38.5 Å². The van der Waals surface area contributed by atoms with Crippen LogP contribution in [-0.4, -0.2) is 19.4 Å². The zero-order valence-corrected chi connectivity index (χ0v) is 8.70. The first-order valence-electron chi connectivity index (χ1n) is 4.99. The molecule has 0 atom stereocenters. The van der Waals surface area contributed by atoms with E-state index in [9.17, 15) is 9.59 Å².